The van der Waals surface area contributed by atoms with Crippen molar-refractivity contribution >= 4 is 28.6 Å². The molecule has 0 unspecified atom stereocenters. The maximum Gasteiger partial charge on any atom is 0.290 e. The highest BCUT2D eigenvalue weighted by atomic mass is 35.5. The number of aromatic hydroxyl groups is 1. The van der Waals surface area contributed by atoms with Crippen molar-refractivity contribution < 1.29 is 14.4 Å². The van der Waals surface area contributed by atoms with Crippen LogP contribution in [0.15, 0.2) is 58.1 Å². The molecule has 1 N–H and O–H groups in total. The molecule has 4 nitrogen and oxygen atoms in total. The largest absolute Gasteiger partial charge is 0.480 e. The molecule has 5 heteroatoms. The predicted octanol–water partition coefficient (Wildman–Crippen LogP) is 4.34. The first kappa shape index (κ1) is 13.5. The van der Waals surface area contributed by atoms with Gasteiger partial charge in [0, 0.05) is 10.4 Å². The first-order valence-corrected chi connectivity index (χ1v) is 6.72. The third-order valence-corrected chi connectivity index (χ3v) is 3.27. The molecule has 3 rings (SSSR count). The Morgan fingerprint density at radius 2 is 1.81 bits per heavy atom. The minimum absolute atomic E-state index is 0.121. The molecule has 0 atom stereocenters. The van der Waals surface area contributed by atoms with Crippen LogP contribution >= 0.6 is 11.6 Å². The van der Waals surface area contributed by atoms with Gasteiger partial charge in [-0.3, -0.25) is 0 Å². The van der Waals surface area contributed by atoms with Gasteiger partial charge in [-0.2, -0.15) is 0 Å². The third kappa shape index (κ3) is 3.01. The summed E-state index contributed by atoms with van der Waals surface area (Å²) in [4.78, 5) is 5.21. The second-order valence-corrected chi connectivity index (χ2v) is 4.89. The summed E-state index contributed by atoms with van der Waals surface area (Å²) in [6, 6.07) is 14.6. The first-order chi connectivity index (χ1) is 10.2. The maximum atomic E-state index is 9.67. The van der Waals surface area contributed by atoms with Crippen LogP contribution in [0.5, 0.6) is 5.95 Å². The van der Waals surface area contributed by atoms with Crippen molar-refractivity contribution in [3.8, 4) is 5.95 Å². The summed E-state index contributed by atoms with van der Waals surface area (Å²) in [6.07, 6.45) is 1.44. The van der Waals surface area contributed by atoms with Crippen LogP contribution < -0.4 is 0 Å². The number of hydrogen-bond acceptors (Lipinski definition) is 4. The summed E-state index contributed by atoms with van der Waals surface area (Å²) < 4.78 is 5.24. The van der Waals surface area contributed by atoms with E-state index in [0.717, 1.165) is 10.9 Å². The molecule has 0 amide bonds. The Morgan fingerprint density at radius 3 is 2.57 bits per heavy atom. The topological polar surface area (TPSA) is 55.0 Å². The van der Waals surface area contributed by atoms with Gasteiger partial charge in [-0.1, -0.05) is 47.1 Å². The van der Waals surface area contributed by atoms with Gasteiger partial charge in [-0.05, 0) is 23.8 Å². The number of oxime groups is 1. The lowest BCUT2D eigenvalue weighted by atomic mass is 10.2. The number of benzene rings is 2. The van der Waals surface area contributed by atoms with Crippen molar-refractivity contribution in [2.24, 2.45) is 5.16 Å². The van der Waals surface area contributed by atoms with Crippen molar-refractivity contribution in [1.29, 1.82) is 0 Å². The van der Waals surface area contributed by atoms with Crippen molar-refractivity contribution in [3.63, 3.8) is 0 Å². The summed E-state index contributed by atoms with van der Waals surface area (Å²) in [6.45, 7) is 0.332. The van der Waals surface area contributed by atoms with Crippen molar-refractivity contribution in [2.45, 2.75) is 6.61 Å². The maximum absolute atomic E-state index is 9.67. The summed E-state index contributed by atoms with van der Waals surface area (Å²) >= 11 is 5.80. The summed E-state index contributed by atoms with van der Waals surface area (Å²) in [5, 5.41) is 15.6. The second-order valence-electron chi connectivity index (χ2n) is 4.45. The lowest BCUT2D eigenvalue weighted by Gasteiger charge is -1.99. The molecular weight excluding hydrogens is 290 g/mol. The molecule has 0 fully saturated rings. The monoisotopic (exact) mass is 301 g/mol. The van der Waals surface area contributed by atoms with E-state index in [1.807, 2.05) is 30.3 Å². The lowest BCUT2D eigenvalue weighted by Crippen LogP contribution is -1.87. The van der Waals surface area contributed by atoms with Crippen molar-refractivity contribution in [2.75, 3.05) is 0 Å². The number of furan rings is 1. The molecule has 0 aliphatic carbocycles. The SMILES string of the molecule is Oc1oc(C=NOCc2ccc(Cl)cc2)c2ccccc12. The predicted molar refractivity (Wildman–Crippen MR) is 81.7 cm³/mol. The van der Waals surface area contributed by atoms with E-state index in [2.05, 4.69) is 5.16 Å². The van der Waals surface area contributed by atoms with E-state index >= 15 is 0 Å². The number of hydrogen-bond donors (Lipinski definition) is 1. The molecule has 0 bridgehead atoms. The van der Waals surface area contributed by atoms with Gasteiger partial charge in [0.2, 0.25) is 0 Å². The fourth-order valence-electron chi connectivity index (χ4n) is 1.97. The number of halogens is 1. The van der Waals surface area contributed by atoms with Gasteiger partial charge < -0.3 is 14.4 Å². The highest BCUT2D eigenvalue weighted by Gasteiger charge is 2.09. The minimum Gasteiger partial charge on any atom is -0.480 e. The van der Waals surface area contributed by atoms with E-state index in [-0.39, 0.29) is 5.95 Å². The molecule has 21 heavy (non-hydrogen) atoms. The zero-order valence-electron chi connectivity index (χ0n) is 11.0. The van der Waals surface area contributed by atoms with Crippen LogP contribution in [0.3, 0.4) is 0 Å². The lowest BCUT2D eigenvalue weighted by molar-refractivity contribution is 0.132. The summed E-state index contributed by atoms with van der Waals surface area (Å²) in [7, 11) is 0. The zero-order valence-corrected chi connectivity index (χ0v) is 11.7. The van der Waals surface area contributed by atoms with E-state index in [1.54, 1.807) is 18.2 Å². The standard InChI is InChI=1S/C16H12ClNO3/c17-12-7-5-11(6-8-12)10-20-18-9-15-13-3-1-2-4-14(13)16(19)21-15/h1-9,19H,10H2. The molecule has 0 spiro atoms. The molecular formula is C16H12ClNO3. The van der Waals surface area contributed by atoms with Gasteiger partial charge in [0.25, 0.3) is 5.95 Å². The first-order valence-electron chi connectivity index (χ1n) is 6.34. The van der Waals surface area contributed by atoms with Crippen LogP contribution in [0, 0.1) is 0 Å². The summed E-state index contributed by atoms with van der Waals surface area (Å²) in [5.74, 6) is 0.337. The van der Waals surface area contributed by atoms with Crippen LogP contribution in [0.25, 0.3) is 10.8 Å². The number of fused-ring (bicyclic) bond motifs is 1. The van der Waals surface area contributed by atoms with Crippen molar-refractivity contribution in [3.05, 3.63) is 64.9 Å². The Kier molecular flexibility index (Phi) is 3.79. The highest BCUT2D eigenvalue weighted by molar-refractivity contribution is 6.30. The average molecular weight is 302 g/mol. The Hall–Kier alpha value is -2.46. The van der Waals surface area contributed by atoms with E-state index in [9.17, 15) is 5.11 Å². The van der Waals surface area contributed by atoms with Gasteiger partial charge >= 0.3 is 0 Å². The third-order valence-electron chi connectivity index (χ3n) is 3.02. The Labute approximate surface area is 126 Å². The molecule has 1 heterocycles. The number of rotatable bonds is 4. The molecule has 3 aromatic rings. The van der Waals surface area contributed by atoms with Crippen LogP contribution in [0.1, 0.15) is 11.3 Å². The van der Waals surface area contributed by atoms with Crippen LogP contribution in [-0.2, 0) is 11.4 Å². The highest BCUT2D eigenvalue weighted by Crippen LogP contribution is 2.29. The molecule has 106 valence electrons. The fraction of sp³-hybridized carbons (Fsp3) is 0.0625. The van der Waals surface area contributed by atoms with E-state index in [0.29, 0.717) is 22.8 Å². The van der Waals surface area contributed by atoms with Crippen molar-refractivity contribution in [1.82, 2.24) is 0 Å². The Morgan fingerprint density at radius 1 is 1.10 bits per heavy atom. The average Bonchev–Trinajstić information content (AvgIpc) is 2.83. The van der Waals surface area contributed by atoms with E-state index in [1.165, 1.54) is 6.21 Å². The molecule has 1 aromatic heterocycles. The van der Waals surface area contributed by atoms with Gasteiger partial charge in [0.15, 0.2) is 5.76 Å². The Bertz CT molecular complexity index is 778. The molecule has 0 aliphatic rings. The fourth-order valence-corrected chi connectivity index (χ4v) is 2.10. The van der Waals surface area contributed by atoms with Gasteiger partial charge in [0.1, 0.15) is 12.8 Å². The van der Waals surface area contributed by atoms with Gasteiger partial charge in [-0.15, -0.1) is 0 Å². The van der Waals surface area contributed by atoms with Crippen LogP contribution in [0.2, 0.25) is 5.02 Å². The minimum atomic E-state index is -0.121. The van der Waals surface area contributed by atoms with Gasteiger partial charge in [-0.25, -0.2) is 0 Å². The van der Waals surface area contributed by atoms with Crippen LogP contribution in [-0.4, -0.2) is 11.3 Å². The quantitative estimate of drug-likeness (QED) is 0.576. The number of nitrogens with zero attached hydrogens (tertiary/aromatic N) is 1. The molecule has 0 radical (unpaired) electrons. The molecule has 0 saturated carbocycles. The molecule has 0 saturated heterocycles. The smallest absolute Gasteiger partial charge is 0.290 e. The van der Waals surface area contributed by atoms with E-state index < -0.39 is 0 Å². The molecule has 2 aromatic carbocycles. The van der Waals surface area contributed by atoms with Crippen LogP contribution in [0.4, 0.5) is 0 Å². The van der Waals surface area contributed by atoms with Gasteiger partial charge in [0.05, 0.1) is 5.39 Å². The Balaban J connectivity index is 1.69. The normalized spacial score (nSPS) is 11.3. The van der Waals surface area contributed by atoms with E-state index in [4.69, 9.17) is 20.9 Å². The second kappa shape index (κ2) is 5.89. The summed E-state index contributed by atoms with van der Waals surface area (Å²) in [5.41, 5.74) is 0.962. The molecule has 0 aliphatic heterocycles. The zero-order chi connectivity index (χ0) is 14.7.